The first-order valence-electron chi connectivity index (χ1n) is 8.85. The van der Waals surface area contributed by atoms with Crippen LogP contribution in [0.25, 0.3) is 0 Å². The van der Waals surface area contributed by atoms with Gasteiger partial charge in [0.15, 0.2) is 5.79 Å². The molecule has 1 aliphatic heterocycles. The molecule has 5 nitrogen and oxygen atoms in total. The van der Waals surface area contributed by atoms with Crippen molar-refractivity contribution >= 4 is 6.21 Å². The molecule has 0 aromatic heterocycles. The lowest BCUT2D eigenvalue weighted by Gasteiger charge is -2.33. The highest BCUT2D eigenvalue weighted by Crippen LogP contribution is 2.22. The lowest BCUT2D eigenvalue weighted by Crippen LogP contribution is -2.55. The van der Waals surface area contributed by atoms with E-state index < -0.39 is 5.79 Å². The van der Waals surface area contributed by atoms with E-state index in [4.69, 9.17) is 10.5 Å². The van der Waals surface area contributed by atoms with Gasteiger partial charge in [0, 0.05) is 18.7 Å². The van der Waals surface area contributed by atoms with Crippen LogP contribution >= 0.6 is 0 Å². The Labute approximate surface area is 155 Å². The van der Waals surface area contributed by atoms with Crippen LogP contribution in [0.1, 0.15) is 30.5 Å². The van der Waals surface area contributed by atoms with Gasteiger partial charge in [-0.15, -0.1) is 0 Å². The summed E-state index contributed by atoms with van der Waals surface area (Å²) < 4.78 is 5.42. The van der Waals surface area contributed by atoms with Gasteiger partial charge in [0.05, 0.1) is 7.11 Å². The van der Waals surface area contributed by atoms with Crippen molar-refractivity contribution in [1.82, 2.24) is 10.6 Å². The summed E-state index contributed by atoms with van der Waals surface area (Å²) in [6.45, 7) is 2.12. The Morgan fingerprint density at radius 1 is 1.15 bits per heavy atom. The van der Waals surface area contributed by atoms with Crippen molar-refractivity contribution in [3.8, 4) is 5.75 Å². The summed E-state index contributed by atoms with van der Waals surface area (Å²) in [6, 6.07) is 18.5. The lowest BCUT2D eigenvalue weighted by atomic mass is 10.0. The predicted molar refractivity (Wildman–Crippen MR) is 106 cm³/mol. The Morgan fingerprint density at radius 3 is 2.65 bits per heavy atom. The Bertz CT molecular complexity index is 788. The van der Waals surface area contributed by atoms with Crippen LogP contribution < -0.4 is 21.1 Å². The molecule has 0 bridgehead atoms. The Hall–Kier alpha value is -2.79. The zero-order valence-electron chi connectivity index (χ0n) is 15.3. The minimum atomic E-state index is -0.839. The van der Waals surface area contributed by atoms with Crippen molar-refractivity contribution in [3.05, 3.63) is 77.6 Å². The summed E-state index contributed by atoms with van der Waals surface area (Å²) in [4.78, 5) is 4.45. The molecule has 0 spiro atoms. The first-order chi connectivity index (χ1) is 12.6. The molecule has 1 heterocycles. The maximum absolute atomic E-state index is 6.47. The molecule has 26 heavy (non-hydrogen) atoms. The number of aryl methyl sites for hydroxylation is 1. The number of allylic oxidation sites excluding steroid dienone is 1. The number of nitrogens with two attached hydrogens (primary N) is 1. The van der Waals surface area contributed by atoms with Gasteiger partial charge in [-0.3, -0.25) is 10.7 Å². The molecule has 2 aromatic carbocycles. The summed E-state index contributed by atoms with van der Waals surface area (Å²) in [6.07, 6.45) is 5.10. The molecule has 0 fully saturated rings. The van der Waals surface area contributed by atoms with Gasteiger partial charge in [0.25, 0.3) is 0 Å². The third kappa shape index (κ3) is 4.43. The van der Waals surface area contributed by atoms with Gasteiger partial charge in [-0.25, -0.2) is 0 Å². The second kappa shape index (κ2) is 8.06. The van der Waals surface area contributed by atoms with Crippen LogP contribution in [-0.2, 0) is 6.42 Å². The monoisotopic (exact) mass is 350 g/mol. The number of nitrogens with zero attached hydrogens (tertiary/aromatic N) is 1. The van der Waals surface area contributed by atoms with E-state index >= 15 is 0 Å². The van der Waals surface area contributed by atoms with Gasteiger partial charge < -0.3 is 15.4 Å². The Kier molecular flexibility index (Phi) is 5.58. The highest BCUT2D eigenvalue weighted by molar-refractivity contribution is 5.73. The Balaban J connectivity index is 1.61. The van der Waals surface area contributed by atoms with Crippen molar-refractivity contribution in [2.24, 2.45) is 10.7 Å². The number of benzene rings is 2. The van der Waals surface area contributed by atoms with Crippen LogP contribution in [0, 0.1) is 0 Å². The topological polar surface area (TPSA) is 71.7 Å². The molecule has 1 aliphatic rings. The van der Waals surface area contributed by atoms with E-state index in [1.807, 2.05) is 42.5 Å². The molecule has 0 saturated carbocycles. The molecule has 0 amide bonds. The van der Waals surface area contributed by atoms with Crippen LogP contribution in [0.5, 0.6) is 5.75 Å². The van der Waals surface area contributed by atoms with E-state index in [-0.39, 0.29) is 6.04 Å². The molecule has 0 saturated heterocycles. The second-order valence-electron chi connectivity index (χ2n) is 6.50. The van der Waals surface area contributed by atoms with E-state index in [2.05, 4.69) is 40.7 Å². The summed E-state index contributed by atoms with van der Waals surface area (Å²) in [5.41, 5.74) is 8.81. The molecule has 136 valence electrons. The van der Waals surface area contributed by atoms with Crippen molar-refractivity contribution in [3.63, 3.8) is 0 Å². The van der Waals surface area contributed by atoms with E-state index in [1.165, 1.54) is 5.56 Å². The van der Waals surface area contributed by atoms with Crippen LogP contribution in [0.2, 0.25) is 0 Å². The molecule has 2 unspecified atom stereocenters. The highest BCUT2D eigenvalue weighted by Gasteiger charge is 2.26. The van der Waals surface area contributed by atoms with Crippen molar-refractivity contribution < 1.29 is 4.74 Å². The number of nitrogens with one attached hydrogen (secondary N) is 2. The largest absolute Gasteiger partial charge is 0.496 e. The summed E-state index contributed by atoms with van der Waals surface area (Å²) in [5, 5.41) is 6.79. The minimum absolute atomic E-state index is 0.167. The van der Waals surface area contributed by atoms with Crippen LogP contribution in [0.15, 0.2) is 71.5 Å². The fourth-order valence-electron chi connectivity index (χ4n) is 3.06. The summed E-state index contributed by atoms with van der Waals surface area (Å²) >= 11 is 0. The molecule has 2 atom stereocenters. The van der Waals surface area contributed by atoms with Crippen LogP contribution in [0.3, 0.4) is 0 Å². The average Bonchev–Trinajstić information content (AvgIpc) is 2.67. The minimum Gasteiger partial charge on any atom is -0.496 e. The molecule has 0 aliphatic carbocycles. The number of methoxy groups -OCH3 is 1. The Morgan fingerprint density at radius 2 is 1.88 bits per heavy atom. The number of rotatable bonds is 7. The van der Waals surface area contributed by atoms with E-state index in [0.717, 1.165) is 23.6 Å². The molecule has 0 radical (unpaired) electrons. The van der Waals surface area contributed by atoms with E-state index in [1.54, 1.807) is 13.3 Å². The molecule has 3 rings (SSSR count). The fraction of sp³-hybridized carbons (Fsp3) is 0.286. The third-order valence-electron chi connectivity index (χ3n) is 4.54. The highest BCUT2D eigenvalue weighted by atomic mass is 16.5. The number of aliphatic imine (C=N–C) groups is 1. The molecule has 4 N–H and O–H groups in total. The molecular weight excluding hydrogens is 324 g/mol. The van der Waals surface area contributed by atoms with E-state index in [9.17, 15) is 0 Å². The van der Waals surface area contributed by atoms with Gasteiger partial charge in [-0.05, 0) is 36.6 Å². The van der Waals surface area contributed by atoms with Gasteiger partial charge >= 0.3 is 0 Å². The van der Waals surface area contributed by atoms with Crippen molar-refractivity contribution in [1.29, 1.82) is 0 Å². The maximum Gasteiger partial charge on any atom is 0.183 e. The normalized spacial score (nSPS) is 20.0. The number of hydrogen-bond donors (Lipinski definition) is 3. The van der Waals surface area contributed by atoms with Gasteiger partial charge in [0.1, 0.15) is 11.6 Å². The standard InChI is InChI=1S/C21H26N4O/c1-16(17-8-4-3-5-9-17)24-20-13-15-23-21(22,25-20)14-12-18-10-6-7-11-19(18)26-2/h3-11,13,15-16,24-25H,12,14,22H2,1-2H3. The van der Waals surface area contributed by atoms with Crippen molar-refractivity contribution in [2.45, 2.75) is 31.6 Å². The van der Waals surface area contributed by atoms with Gasteiger partial charge in [-0.2, -0.15) is 0 Å². The van der Waals surface area contributed by atoms with Gasteiger partial charge in [-0.1, -0.05) is 48.5 Å². The first-order valence-corrected chi connectivity index (χ1v) is 8.85. The number of hydrogen-bond acceptors (Lipinski definition) is 5. The quantitative estimate of drug-likeness (QED) is 0.717. The average molecular weight is 350 g/mol. The number of para-hydroxylation sites is 1. The SMILES string of the molecule is COc1ccccc1CCC1(N)N=CC=C(NC(C)c2ccccc2)N1. The summed E-state index contributed by atoms with van der Waals surface area (Å²) in [7, 11) is 1.68. The van der Waals surface area contributed by atoms with Gasteiger partial charge in [0.2, 0.25) is 0 Å². The lowest BCUT2D eigenvalue weighted by molar-refractivity contribution is 0.335. The van der Waals surface area contributed by atoms with Crippen molar-refractivity contribution in [2.75, 3.05) is 7.11 Å². The maximum atomic E-state index is 6.47. The van der Waals surface area contributed by atoms with E-state index in [0.29, 0.717) is 6.42 Å². The summed E-state index contributed by atoms with van der Waals surface area (Å²) in [5.74, 6) is 0.912. The second-order valence-corrected chi connectivity index (χ2v) is 6.50. The third-order valence-corrected chi connectivity index (χ3v) is 4.54. The van der Waals surface area contributed by atoms with Crippen LogP contribution in [-0.4, -0.2) is 19.1 Å². The first kappa shape index (κ1) is 18.0. The molecule has 2 aromatic rings. The fourth-order valence-corrected chi connectivity index (χ4v) is 3.06. The molecule has 5 heteroatoms. The smallest absolute Gasteiger partial charge is 0.183 e. The zero-order valence-corrected chi connectivity index (χ0v) is 15.3. The zero-order chi connectivity index (χ0) is 18.4. The predicted octanol–water partition coefficient (Wildman–Crippen LogP) is 3.11. The molecular formula is C21H26N4O. The van der Waals surface area contributed by atoms with Crippen LogP contribution in [0.4, 0.5) is 0 Å². The number of ether oxygens (including phenoxy) is 1.